The summed E-state index contributed by atoms with van der Waals surface area (Å²) in [4.78, 5) is 24.0. The Morgan fingerprint density at radius 1 is 1.24 bits per heavy atom. The van der Waals surface area contributed by atoms with Crippen molar-refractivity contribution in [2.45, 2.75) is 44.3 Å². The minimum absolute atomic E-state index is 0.0141. The van der Waals surface area contributed by atoms with Gasteiger partial charge in [-0.2, -0.15) is 13.2 Å². The van der Waals surface area contributed by atoms with E-state index in [-0.39, 0.29) is 19.0 Å². The van der Waals surface area contributed by atoms with Crippen LogP contribution in [0.4, 0.5) is 13.2 Å². The van der Waals surface area contributed by atoms with Crippen molar-refractivity contribution in [3.05, 3.63) is 0 Å². The highest BCUT2D eigenvalue weighted by Gasteiger charge is 2.36. The maximum Gasteiger partial charge on any atom is 0.406 e. The second-order valence-electron chi connectivity index (χ2n) is 5.31. The number of carbonyl (C=O) groups is 2. The first-order valence-corrected chi connectivity index (χ1v) is 6.91. The first-order valence-electron chi connectivity index (χ1n) is 6.91. The smallest absolute Gasteiger partial charge is 0.406 e. The highest BCUT2D eigenvalue weighted by Crippen LogP contribution is 2.26. The Kier molecular flexibility index (Phi) is 6.44. The Balaban J connectivity index is 2.65. The average molecular weight is 310 g/mol. The molecule has 122 valence electrons. The Hall–Kier alpha value is -1.31. The minimum Gasteiger partial charge on any atom is -0.469 e. The van der Waals surface area contributed by atoms with Crippen LogP contribution in [-0.2, 0) is 14.3 Å². The van der Waals surface area contributed by atoms with Crippen LogP contribution in [0.15, 0.2) is 0 Å². The number of esters is 1. The van der Waals surface area contributed by atoms with Gasteiger partial charge < -0.3 is 15.4 Å². The van der Waals surface area contributed by atoms with Gasteiger partial charge in [0, 0.05) is 18.5 Å². The van der Waals surface area contributed by atoms with Crippen molar-refractivity contribution in [3.63, 3.8) is 0 Å². The van der Waals surface area contributed by atoms with Gasteiger partial charge in [0.1, 0.15) is 6.54 Å². The number of rotatable bonds is 5. The van der Waals surface area contributed by atoms with E-state index in [1.807, 2.05) is 0 Å². The molecule has 0 heterocycles. The molecule has 0 spiro atoms. The molecule has 1 amide bonds. The fourth-order valence-electron chi connectivity index (χ4n) is 2.44. The van der Waals surface area contributed by atoms with Crippen LogP contribution in [0, 0.1) is 5.92 Å². The molecule has 1 fully saturated rings. The van der Waals surface area contributed by atoms with Crippen molar-refractivity contribution in [1.29, 1.82) is 0 Å². The molecule has 1 saturated carbocycles. The largest absolute Gasteiger partial charge is 0.469 e. The second-order valence-corrected chi connectivity index (χ2v) is 5.31. The lowest BCUT2D eigenvalue weighted by molar-refractivity contribution is -0.165. The molecule has 21 heavy (non-hydrogen) atoms. The summed E-state index contributed by atoms with van der Waals surface area (Å²) < 4.78 is 42.1. The molecule has 0 radical (unpaired) electrons. The van der Waals surface area contributed by atoms with Gasteiger partial charge in [-0.05, 0) is 25.7 Å². The van der Waals surface area contributed by atoms with Gasteiger partial charge in [0.15, 0.2) is 0 Å². The number of nitrogens with zero attached hydrogens (tertiary/aromatic N) is 1. The Morgan fingerprint density at radius 3 is 2.29 bits per heavy atom. The summed E-state index contributed by atoms with van der Waals surface area (Å²) >= 11 is 0. The number of methoxy groups -OCH3 is 1. The summed E-state index contributed by atoms with van der Waals surface area (Å²) in [7, 11) is 1.15. The lowest BCUT2D eigenvalue weighted by Gasteiger charge is -2.31. The fourth-order valence-corrected chi connectivity index (χ4v) is 2.44. The van der Waals surface area contributed by atoms with E-state index in [1.54, 1.807) is 0 Å². The van der Waals surface area contributed by atoms with Gasteiger partial charge in [-0.1, -0.05) is 0 Å². The van der Waals surface area contributed by atoms with Crippen LogP contribution in [-0.4, -0.2) is 49.2 Å². The monoisotopic (exact) mass is 310 g/mol. The lowest BCUT2D eigenvalue weighted by atomic mass is 9.85. The molecular formula is C13H21F3N2O3. The van der Waals surface area contributed by atoms with Gasteiger partial charge in [0.25, 0.3) is 0 Å². The summed E-state index contributed by atoms with van der Waals surface area (Å²) in [6.45, 7) is -1.63. The first kappa shape index (κ1) is 17.7. The Labute approximate surface area is 121 Å². The third-order valence-electron chi connectivity index (χ3n) is 3.62. The molecule has 5 nitrogen and oxygen atoms in total. The first-order chi connectivity index (χ1) is 9.73. The van der Waals surface area contributed by atoms with E-state index in [9.17, 15) is 22.8 Å². The number of ether oxygens (including phenoxy) is 1. The van der Waals surface area contributed by atoms with Crippen molar-refractivity contribution in [2.75, 3.05) is 20.2 Å². The number of hydrogen-bond donors (Lipinski definition) is 1. The molecule has 0 aliphatic heterocycles. The zero-order valence-corrected chi connectivity index (χ0v) is 12.0. The molecule has 0 bridgehead atoms. The number of carbonyl (C=O) groups excluding carboxylic acids is 2. The highest BCUT2D eigenvalue weighted by molar-refractivity contribution is 5.79. The number of nitrogens with two attached hydrogens (primary N) is 1. The van der Waals surface area contributed by atoms with Gasteiger partial charge in [0.2, 0.25) is 5.91 Å². The number of amides is 1. The van der Waals surface area contributed by atoms with Crippen molar-refractivity contribution < 1.29 is 27.5 Å². The molecular weight excluding hydrogens is 289 g/mol. The van der Waals surface area contributed by atoms with E-state index < -0.39 is 30.5 Å². The van der Waals surface area contributed by atoms with Crippen molar-refractivity contribution in [3.8, 4) is 0 Å². The third-order valence-corrected chi connectivity index (χ3v) is 3.62. The Morgan fingerprint density at radius 2 is 1.81 bits per heavy atom. The van der Waals surface area contributed by atoms with Crippen LogP contribution in [0.2, 0.25) is 0 Å². The molecule has 8 heteroatoms. The van der Waals surface area contributed by atoms with Crippen LogP contribution in [0.25, 0.3) is 0 Å². The van der Waals surface area contributed by atoms with Gasteiger partial charge in [0.05, 0.1) is 13.5 Å². The predicted molar refractivity (Wildman–Crippen MR) is 69.2 cm³/mol. The van der Waals surface area contributed by atoms with Crippen molar-refractivity contribution in [2.24, 2.45) is 11.7 Å². The second kappa shape index (κ2) is 7.63. The van der Waals surface area contributed by atoms with Crippen LogP contribution >= 0.6 is 0 Å². The van der Waals surface area contributed by atoms with Crippen LogP contribution < -0.4 is 5.73 Å². The average Bonchev–Trinajstić information content (AvgIpc) is 2.42. The summed E-state index contributed by atoms with van der Waals surface area (Å²) in [6, 6.07) is 0.0141. The Bertz CT molecular complexity index is 366. The number of alkyl halides is 3. The zero-order valence-electron chi connectivity index (χ0n) is 12.0. The molecule has 0 aromatic carbocycles. The molecule has 0 saturated heterocycles. The van der Waals surface area contributed by atoms with Gasteiger partial charge in [-0.15, -0.1) is 0 Å². The summed E-state index contributed by atoms with van der Waals surface area (Å²) in [5.41, 5.74) is 5.73. The zero-order chi connectivity index (χ0) is 16.0. The van der Waals surface area contributed by atoms with Crippen LogP contribution in [0.1, 0.15) is 32.1 Å². The van der Waals surface area contributed by atoms with E-state index in [1.165, 1.54) is 0 Å². The maximum absolute atomic E-state index is 12.6. The summed E-state index contributed by atoms with van der Waals surface area (Å²) in [6.07, 6.45) is -2.49. The molecule has 1 aliphatic rings. The van der Waals surface area contributed by atoms with E-state index in [0.717, 1.165) is 7.11 Å². The predicted octanol–water partition coefficient (Wildman–Crippen LogP) is 1.46. The quantitative estimate of drug-likeness (QED) is 0.780. The lowest BCUT2D eigenvalue weighted by Crippen LogP contribution is -2.44. The normalized spacial score (nSPS) is 22.7. The minimum atomic E-state index is -4.49. The van der Waals surface area contributed by atoms with E-state index in [2.05, 4.69) is 4.74 Å². The molecule has 0 aromatic rings. The topological polar surface area (TPSA) is 72.6 Å². The fraction of sp³-hybridized carbons (Fsp3) is 0.846. The number of hydrogen-bond acceptors (Lipinski definition) is 4. The van der Waals surface area contributed by atoms with E-state index in [4.69, 9.17) is 5.73 Å². The third kappa shape index (κ3) is 6.33. The SMILES string of the molecule is COC(=O)CCN(CC(F)(F)F)C(=O)C1CCC(N)CC1. The van der Waals surface area contributed by atoms with E-state index in [0.29, 0.717) is 30.6 Å². The maximum atomic E-state index is 12.6. The highest BCUT2D eigenvalue weighted by atomic mass is 19.4. The van der Waals surface area contributed by atoms with Crippen LogP contribution in [0.5, 0.6) is 0 Å². The van der Waals surface area contributed by atoms with E-state index >= 15 is 0 Å². The summed E-state index contributed by atoms with van der Waals surface area (Å²) in [5.74, 6) is -1.63. The molecule has 0 aromatic heterocycles. The number of halogens is 3. The van der Waals surface area contributed by atoms with Crippen LogP contribution in [0.3, 0.4) is 0 Å². The molecule has 2 N–H and O–H groups in total. The molecule has 0 unspecified atom stereocenters. The van der Waals surface area contributed by atoms with Gasteiger partial charge >= 0.3 is 12.1 Å². The molecule has 0 atom stereocenters. The van der Waals surface area contributed by atoms with Crippen molar-refractivity contribution >= 4 is 11.9 Å². The van der Waals surface area contributed by atoms with Gasteiger partial charge in [-0.25, -0.2) is 0 Å². The standard InChI is InChI=1S/C13H21F3N2O3/c1-21-11(19)6-7-18(8-13(14,15)16)12(20)9-2-4-10(17)5-3-9/h9-10H,2-8,17H2,1H3. The van der Waals surface area contributed by atoms with Crippen molar-refractivity contribution in [1.82, 2.24) is 4.90 Å². The molecule has 1 aliphatic carbocycles. The summed E-state index contributed by atoms with van der Waals surface area (Å²) in [5, 5.41) is 0. The van der Waals surface area contributed by atoms with Gasteiger partial charge in [-0.3, -0.25) is 9.59 Å². The molecule has 1 rings (SSSR count).